The van der Waals surface area contributed by atoms with Crippen molar-refractivity contribution in [3.63, 3.8) is 0 Å². The van der Waals surface area contributed by atoms with Crippen LogP contribution in [0.3, 0.4) is 0 Å². The number of pyridine rings is 1. The third-order valence-corrected chi connectivity index (χ3v) is 3.74. The minimum Gasteiger partial charge on any atom is -0.496 e. The van der Waals surface area contributed by atoms with Gasteiger partial charge in [-0.2, -0.15) is 0 Å². The zero-order valence-corrected chi connectivity index (χ0v) is 12.3. The van der Waals surface area contributed by atoms with Gasteiger partial charge in [0.2, 0.25) is 0 Å². The topological polar surface area (TPSA) is 49.9 Å². The second-order valence-electron chi connectivity index (χ2n) is 5.06. The number of rotatable bonds is 5. The number of aromatic amines is 1. The predicted molar refractivity (Wildman–Crippen MR) is 84.3 cm³/mol. The van der Waals surface area contributed by atoms with Gasteiger partial charge in [-0.3, -0.25) is 0 Å². The van der Waals surface area contributed by atoms with E-state index in [1.807, 2.05) is 30.5 Å². The first kappa shape index (κ1) is 13.6. The zero-order valence-electron chi connectivity index (χ0n) is 12.3. The third kappa shape index (κ3) is 2.76. The molecular formula is C17H19N3O. The van der Waals surface area contributed by atoms with E-state index in [2.05, 4.69) is 34.3 Å². The molecule has 0 saturated carbocycles. The van der Waals surface area contributed by atoms with Crippen LogP contribution in [-0.4, -0.2) is 17.1 Å². The van der Waals surface area contributed by atoms with E-state index in [4.69, 9.17) is 4.74 Å². The van der Waals surface area contributed by atoms with Gasteiger partial charge in [-0.1, -0.05) is 18.2 Å². The standard InChI is InChI=1S/C17H19N3O/c1-12(14-6-3-4-8-16(14)21-2)19-10-13-11-20-17-15(13)7-5-9-18-17/h3-9,11-12,19H,10H2,1-2H3,(H,18,20)/t12-/m1/s1. The van der Waals surface area contributed by atoms with Crippen LogP contribution >= 0.6 is 0 Å². The Bertz CT molecular complexity index is 735. The number of ether oxygens (including phenoxy) is 1. The van der Waals surface area contributed by atoms with Crippen molar-refractivity contribution < 1.29 is 4.74 Å². The van der Waals surface area contributed by atoms with E-state index in [9.17, 15) is 0 Å². The van der Waals surface area contributed by atoms with Crippen LogP contribution in [0.4, 0.5) is 0 Å². The van der Waals surface area contributed by atoms with Crippen molar-refractivity contribution in [2.45, 2.75) is 19.5 Å². The molecule has 4 heteroatoms. The van der Waals surface area contributed by atoms with Gasteiger partial charge in [-0.25, -0.2) is 4.98 Å². The summed E-state index contributed by atoms with van der Waals surface area (Å²) in [7, 11) is 1.71. The van der Waals surface area contributed by atoms with Crippen molar-refractivity contribution in [1.82, 2.24) is 15.3 Å². The molecule has 3 aromatic rings. The molecule has 3 rings (SSSR count). The Kier molecular flexibility index (Phi) is 3.88. The molecule has 108 valence electrons. The monoisotopic (exact) mass is 281 g/mol. The summed E-state index contributed by atoms with van der Waals surface area (Å²) in [5.41, 5.74) is 3.32. The molecule has 2 aromatic heterocycles. The van der Waals surface area contributed by atoms with Crippen LogP contribution < -0.4 is 10.1 Å². The second-order valence-corrected chi connectivity index (χ2v) is 5.06. The predicted octanol–water partition coefficient (Wildman–Crippen LogP) is 3.42. The molecule has 0 aliphatic carbocycles. The average molecular weight is 281 g/mol. The van der Waals surface area contributed by atoms with E-state index in [-0.39, 0.29) is 6.04 Å². The van der Waals surface area contributed by atoms with Gasteiger partial charge in [0.15, 0.2) is 0 Å². The summed E-state index contributed by atoms with van der Waals surface area (Å²) in [6, 6.07) is 12.4. The number of methoxy groups -OCH3 is 1. The first-order chi connectivity index (χ1) is 10.3. The number of benzene rings is 1. The highest BCUT2D eigenvalue weighted by molar-refractivity contribution is 5.79. The van der Waals surface area contributed by atoms with Gasteiger partial charge in [-0.05, 0) is 30.7 Å². The summed E-state index contributed by atoms with van der Waals surface area (Å²) >= 11 is 0. The van der Waals surface area contributed by atoms with Gasteiger partial charge in [0.1, 0.15) is 11.4 Å². The van der Waals surface area contributed by atoms with Gasteiger partial charge in [-0.15, -0.1) is 0 Å². The lowest BCUT2D eigenvalue weighted by atomic mass is 10.1. The smallest absolute Gasteiger partial charge is 0.137 e. The molecule has 0 bridgehead atoms. The molecule has 2 N–H and O–H groups in total. The molecule has 1 atom stereocenters. The normalized spacial score (nSPS) is 12.5. The number of H-pyrrole nitrogens is 1. The van der Waals surface area contributed by atoms with Crippen molar-refractivity contribution >= 4 is 11.0 Å². The molecule has 0 radical (unpaired) electrons. The Hall–Kier alpha value is -2.33. The van der Waals surface area contributed by atoms with Crippen molar-refractivity contribution in [2.24, 2.45) is 0 Å². The highest BCUT2D eigenvalue weighted by atomic mass is 16.5. The summed E-state index contributed by atoms with van der Waals surface area (Å²) in [6.45, 7) is 2.93. The maximum Gasteiger partial charge on any atom is 0.137 e. The van der Waals surface area contributed by atoms with Gasteiger partial charge in [0.05, 0.1) is 7.11 Å². The maximum absolute atomic E-state index is 5.42. The van der Waals surface area contributed by atoms with E-state index in [1.54, 1.807) is 13.3 Å². The molecule has 1 aromatic carbocycles. The molecule has 21 heavy (non-hydrogen) atoms. The van der Waals surface area contributed by atoms with E-state index in [1.165, 1.54) is 5.56 Å². The lowest BCUT2D eigenvalue weighted by Crippen LogP contribution is -2.18. The van der Waals surface area contributed by atoms with Gasteiger partial charge in [0.25, 0.3) is 0 Å². The first-order valence-electron chi connectivity index (χ1n) is 7.07. The Morgan fingerprint density at radius 2 is 2.10 bits per heavy atom. The fraction of sp³-hybridized carbons (Fsp3) is 0.235. The number of nitrogens with one attached hydrogen (secondary N) is 2. The van der Waals surface area contributed by atoms with E-state index >= 15 is 0 Å². The number of para-hydroxylation sites is 1. The lowest BCUT2D eigenvalue weighted by molar-refractivity contribution is 0.401. The van der Waals surface area contributed by atoms with Crippen LogP contribution in [0.5, 0.6) is 5.75 Å². The van der Waals surface area contributed by atoms with E-state index < -0.39 is 0 Å². The summed E-state index contributed by atoms with van der Waals surface area (Å²) in [6.07, 6.45) is 3.81. The van der Waals surface area contributed by atoms with Crippen LogP contribution in [0, 0.1) is 0 Å². The summed E-state index contributed by atoms with van der Waals surface area (Å²) in [5.74, 6) is 0.915. The van der Waals surface area contributed by atoms with Crippen LogP contribution in [0.1, 0.15) is 24.1 Å². The van der Waals surface area contributed by atoms with Crippen molar-refractivity contribution in [1.29, 1.82) is 0 Å². The van der Waals surface area contributed by atoms with Crippen molar-refractivity contribution in [3.8, 4) is 5.75 Å². The Balaban J connectivity index is 1.75. The minimum absolute atomic E-state index is 0.211. The molecule has 0 amide bonds. The lowest BCUT2D eigenvalue weighted by Gasteiger charge is -2.17. The summed E-state index contributed by atoms with van der Waals surface area (Å²) in [5, 5.41) is 4.70. The Morgan fingerprint density at radius 1 is 1.24 bits per heavy atom. The second kappa shape index (κ2) is 5.97. The maximum atomic E-state index is 5.42. The zero-order chi connectivity index (χ0) is 14.7. The highest BCUT2D eigenvalue weighted by Gasteiger charge is 2.11. The summed E-state index contributed by atoms with van der Waals surface area (Å²) < 4.78 is 5.42. The quantitative estimate of drug-likeness (QED) is 0.753. The molecule has 4 nitrogen and oxygen atoms in total. The molecule has 0 fully saturated rings. The fourth-order valence-corrected chi connectivity index (χ4v) is 2.56. The molecule has 0 spiro atoms. The Morgan fingerprint density at radius 3 is 2.95 bits per heavy atom. The molecule has 0 aliphatic rings. The van der Waals surface area contributed by atoms with Crippen molar-refractivity contribution in [3.05, 3.63) is 59.9 Å². The largest absolute Gasteiger partial charge is 0.496 e. The number of fused-ring (bicyclic) bond motifs is 1. The molecular weight excluding hydrogens is 262 g/mol. The fourth-order valence-electron chi connectivity index (χ4n) is 2.56. The average Bonchev–Trinajstić information content (AvgIpc) is 2.96. The Labute approximate surface area is 124 Å². The number of aromatic nitrogens is 2. The molecule has 0 unspecified atom stereocenters. The SMILES string of the molecule is COc1ccccc1[C@@H](C)NCc1c[nH]c2ncccc12. The highest BCUT2D eigenvalue weighted by Crippen LogP contribution is 2.25. The van der Waals surface area contributed by atoms with Crippen LogP contribution in [0.15, 0.2) is 48.8 Å². The third-order valence-electron chi connectivity index (χ3n) is 3.74. The van der Waals surface area contributed by atoms with Gasteiger partial charge >= 0.3 is 0 Å². The van der Waals surface area contributed by atoms with Gasteiger partial charge in [0, 0.05) is 35.9 Å². The minimum atomic E-state index is 0.211. The number of nitrogens with zero attached hydrogens (tertiary/aromatic N) is 1. The molecule has 0 aliphatic heterocycles. The van der Waals surface area contributed by atoms with Gasteiger partial charge < -0.3 is 15.0 Å². The van der Waals surface area contributed by atoms with Crippen LogP contribution in [0.25, 0.3) is 11.0 Å². The summed E-state index contributed by atoms with van der Waals surface area (Å²) in [4.78, 5) is 7.51. The van der Waals surface area contributed by atoms with E-state index in [0.717, 1.165) is 28.9 Å². The van der Waals surface area contributed by atoms with Crippen LogP contribution in [-0.2, 0) is 6.54 Å². The number of hydrogen-bond donors (Lipinski definition) is 2. The van der Waals surface area contributed by atoms with E-state index in [0.29, 0.717) is 0 Å². The first-order valence-corrected chi connectivity index (χ1v) is 7.07. The molecule has 2 heterocycles. The van der Waals surface area contributed by atoms with Crippen LogP contribution in [0.2, 0.25) is 0 Å². The molecule has 0 saturated heterocycles. The number of hydrogen-bond acceptors (Lipinski definition) is 3. The van der Waals surface area contributed by atoms with Crippen molar-refractivity contribution in [2.75, 3.05) is 7.11 Å².